The van der Waals surface area contributed by atoms with Gasteiger partial charge in [0.25, 0.3) is 0 Å². The van der Waals surface area contributed by atoms with E-state index in [0.29, 0.717) is 21.6 Å². The molecule has 1 heterocycles. The van der Waals surface area contributed by atoms with Crippen molar-refractivity contribution in [1.82, 2.24) is 25.1 Å². The first-order chi connectivity index (χ1) is 13.9. The molecule has 2 aromatic carbocycles. The number of anilines is 1. The van der Waals surface area contributed by atoms with Gasteiger partial charge in [0.15, 0.2) is 0 Å². The van der Waals surface area contributed by atoms with E-state index in [1.807, 2.05) is 0 Å². The fourth-order valence-corrected chi connectivity index (χ4v) is 3.33. The molecule has 3 rings (SSSR count). The van der Waals surface area contributed by atoms with Gasteiger partial charge >= 0.3 is 0 Å². The number of amides is 2. The number of tetrazole rings is 1. The standard InChI is InChI=1S/C18H17ClN6O3S/c1-24(10-16(27)20-15-5-3-2-4-14(15)19)17(28)11-29-18-21-22-23-25(18)12-6-8-13(26)9-7-12/h2-9,26H,10-11H2,1H3,(H,20,27). The van der Waals surface area contributed by atoms with E-state index in [9.17, 15) is 14.7 Å². The lowest BCUT2D eigenvalue weighted by Crippen LogP contribution is -2.36. The molecule has 2 N–H and O–H groups in total. The molecule has 0 bridgehead atoms. The summed E-state index contributed by atoms with van der Waals surface area (Å²) in [5, 5.41) is 24.3. The Morgan fingerprint density at radius 3 is 2.66 bits per heavy atom. The van der Waals surface area contributed by atoms with Gasteiger partial charge < -0.3 is 15.3 Å². The van der Waals surface area contributed by atoms with E-state index < -0.39 is 0 Å². The minimum atomic E-state index is -0.354. The molecule has 3 aromatic rings. The van der Waals surface area contributed by atoms with Crippen LogP contribution >= 0.6 is 23.4 Å². The largest absolute Gasteiger partial charge is 0.508 e. The molecule has 9 nitrogen and oxygen atoms in total. The number of phenolic OH excluding ortho intramolecular Hbond substituents is 1. The van der Waals surface area contributed by atoms with Crippen LogP contribution in [0.25, 0.3) is 5.69 Å². The Kier molecular flexibility index (Phi) is 6.68. The second kappa shape index (κ2) is 9.39. The van der Waals surface area contributed by atoms with Gasteiger partial charge in [-0.3, -0.25) is 9.59 Å². The van der Waals surface area contributed by atoms with Crippen LogP contribution in [-0.2, 0) is 9.59 Å². The summed E-state index contributed by atoms with van der Waals surface area (Å²) in [5.41, 5.74) is 1.14. The van der Waals surface area contributed by atoms with Crippen LogP contribution in [0.4, 0.5) is 5.69 Å². The van der Waals surface area contributed by atoms with Crippen LogP contribution in [0.2, 0.25) is 5.02 Å². The van der Waals surface area contributed by atoms with Gasteiger partial charge in [0.1, 0.15) is 5.75 Å². The summed E-state index contributed by atoms with van der Waals surface area (Å²) in [7, 11) is 1.54. The van der Waals surface area contributed by atoms with Gasteiger partial charge in [-0.2, -0.15) is 4.68 Å². The Hall–Kier alpha value is -3.11. The zero-order valence-electron chi connectivity index (χ0n) is 15.3. The van der Waals surface area contributed by atoms with Crippen LogP contribution in [-0.4, -0.2) is 61.4 Å². The maximum absolute atomic E-state index is 12.4. The molecule has 29 heavy (non-hydrogen) atoms. The van der Waals surface area contributed by atoms with Crippen molar-refractivity contribution < 1.29 is 14.7 Å². The second-order valence-electron chi connectivity index (χ2n) is 5.96. The molecule has 0 radical (unpaired) electrons. The summed E-state index contributed by atoms with van der Waals surface area (Å²) < 4.78 is 1.46. The van der Waals surface area contributed by atoms with Gasteiger partial charge in [-0.1, -0.05) is 35.5 Å². The van der Waals surface area contributed by atoms with Crippen molar-refractivity contribution in [1.29, 1.82) is 0 Å². The van der Waals surface area contributed by atoms with E-state index in [0.717, 1.165) is 11.8 Å². The maximum Gasteiger partial charge on any atom is 0.244 e. The van der Waals surface area contributed by atoms with Crippen LogP contribution in [0.3, 0.4) is 0 Å². The van der Waals surface area contributed by atoms with E-state index in [4.69, 9.17) is 11.6 Å². The lowest BCUT2D eigenvalue weighted by atomic mass is 10.3. The van der Waals surface area contributed by atoms with E-state index in [1.165, 1.54) is 28.8 Å². The van der Waals surface area contributed by atoms with Gasteiger partial charge in [-0.25, -0.2) is 0 Å². The highest BCUT2D eigenvalue weighted by Crippen LogP contribution is 2.21. The highest BCUT2D eigenvalue weighted by atomic mass is 35.5. The average Bonchev–Trinajstić information content (AvgIpc) is 3.17. The first kappa shape index (κ1) is 20.6. The molecule has 0 saturated carbocycles. The molecule has 0 saturated heterocycles. The maximum atomic E-state index is 12.4. The van der Waals surface area contributed by atoms with Crippen LogP contribution in [0, 0.1) is 0 Å². The van der Waals surface area contributed by atoms with Crippen molar-refractivity contribution in [3.8, 4) is 11.4 Å². The van der Waals surface area contributed by atoms with E-state index in [-0.39, 0.29) is 29.9 Å². The number of rotatable bonds is 7. The minimum absolute atomic E-state index is 0.0499. The van der Waals surface area contributed by atoms with Crippen molar-refractivity contribution in [2.75, 3.05) is 24.7 Å². The normalized spacial score (nSPS) is 10.6. The summed E-state index contributed by atoms with van der Waals surface area (Å²) in [4.78, 5) is 25.8. The van der Waals surface area contributed by atoms with Crippen LogP contribution in [0.5, 0.6) is 5.75 Å². The minimum Gasteiger partial charge on any atom is -0.508 e. The number of benzene rings is 2. The Bertz CT molecular complexity index is 1010. The molecule has 2 amide bonds. The molecule has 0 fully saturated rings. The number of nitrogens with one attached hydrogen (secondary N) is 1. The number of aromatic hydroxyl groups is 1. The van der Waals surface area contributed by atoms with Crippen molar-refractivity contribution in [2.45, 2.75) is 5.16 Å². The highest BCUT2D eigenvalue weighted by Gasteiger charge is 2.17. The molecule has 0 aliphatic rings. The molecule has 0 aliphatic carbocycles. The van der Waals surface area contributed by atoms with Crippen LogP contribution in [0.1, 0.15) is 0 Å². The summed E-state index contributed by atoms with van der Waals surface area (Å²) >= 11 is 7.16. The van der Waals surface area contributed by atoms with Crippen molar-refractivity contribution >= 4 is 40.9 Å². The molecule has 11 heteroatoms. The average molecular weight is 433 g/mol. The van der Waals surface area contributed by atoms with E-state index >= 15 is 0 Å². The van der Waals surface area contributed by atoms with Gasteiger partial charge in [-0.15, -0.1) is 5.10 Å². The van der Waals surface area contributed by atoms with Gasteiger partial charge in [0.2, 0.25) is 17.0 Å². The number of carbonyl (C=O) groups excluding carboxylic acids is 2. The highest BCUT2D eigenvalue weighted by molar-refractivity contribution is 7.99. The molecule has 0 unspecified atom stereocenters. The first-order valence-electron chi connectivity index (χ1n) is 8.43. The van der Waals surface area contributed by atoms with Gasteiger partial charge in [0.05, 0.1) is 28.7 Å². The number of aromatic nitrogens is 4. The predicted molar refractivity (Wildman–Crippen MR) is 109 cm³/mol. The molecule has 0 aliphatic heterocycles. The van der Waals surface area contributed by atoms with E-state index in [2.05, 4.69) is 20.8 Å². The molecule has 150 valence electrons. The van der Waals surface area contributed by atoms with Crippen LogP contribution in [0.15, 0.2) is 53.7 Å². The fourth-order valence-electron chi connectivity index (χ4n) is 2.32. The third-order valence-corrected chi connectivity index (χ3v) is 5.05. The number of carbonyl (C=O) groups is 2. The van der Waals surface area contributed by atoms with Crippen molar-refractivity contribution in [2.24, 2.45) is 0 Å². The Morgan fingerprint density at radius 2 is 1.93 bits per heavy atom. The number of hydrogen-bond acceptors (Lipinski definition) is 7. The SMILES string of the molecule is CN(CC(=O)Nc1ccccc1Cl)C(=O)CSc1nnnn1-c1ccc(O)cc1. The monoisotopic (exact) mass is 432 g/mol. The summed E-state index contributed by atoms with van der Waals surface area (Å²) in [6, 6.07) is 13.2. The Balaban J connectivity index is 1.54. The van der Waals surface area contributed by atoms with Crippen molar-refractivity contribution in [3.05, 3.63) is 53.6 Å². The van der Waals surface area contributed by atoms with Crippen LogP contribution < -0.4 is 5.32 Å². The summed E-state index contributed by atoms with van der Waals surface area (Å²) in [6.45, 7) is -0.118. The smallest absolute Gasteiger partial charge is 0.244 e. The van der Waals surface area contributed by atoms with Crippen molar-refractivity contribution in [3.63, 3.8) is 0 Å². The number of likely N-dealkylation sites (N-methyl/N-ethyl adjacent to an activating group) is 1. The molecule has 0 atom stereocenters. The summed E-state index contributed by atoms with van der Waals surface area (Å²) in [5.74, 6) is -0.436. The molecular weight excluding hydrogens is 416 g/mol. The number of hydrogen-bond donors (Lipinski definition) is 2. The predicted octanol–water partition coefficient (Wildman–Crippen LogP) is 2.21. The fraction of sp³-hybridized carbons (Fsp3) is 0.167. The lowest BCUT2D eigenvalue weighted by molar-refractivity contribution is -0.131. The first-order valence-corrected chi connectivity index (χ1v) is 9.79. The van der Waals surface area contributed by atoms with Gasteiger partial charge in [-0.05, 0) is 46.8 Å². The lowest BCUT2D eigenvalue weighted by Gasteiger charge is -2.16. The van der Waals surface area contributed by atoms with Gasteiger partial charge in [0, 0.05) is 7.05 Å². The second-order valence-corrected chi connectivity index (χ2v) is 7.31. The number of para-hydroxylation sites is 1. The Morgan fingerprint density at radius 1 is 1.21 bits per heavy atom. The summed E-state index contributed by atoms with van der Waals surface area (Å²) in [6.07, 6.45) is 0. The molecular formula is C18H17ClN6O3S. The molecule has 0 spiro atoms. The number of thioether (sulfide) groups is 1. The number of phenols is 1. The third kappa shape index (κ3) is 5.46. The topological polar surface area (TPSA) is 113 Å². The number of halogens is 1. The Labute approximate surface area is 175 Å². The third-order valence-electron chi connectivity index (χ3n) is 3.81. The number of nitrogens with zero attached hydrogens (tertiary/aromatic N) is 5. The molecule has 1 aromatic heterocycles. The zero-order valence-corrected chi connectivity index (χ0v) is 16.9. The zero-order chi connectivity index (χ0) is 20.8. The van der Waals surface area contributed by atoms with E-state index in [1.54, 1.807) is 36.4 Å². The quantitative estimate of drug-likeness (QED) is 0.550.